The van der Waals surface area contributed by atoms with Crippen molar-refractivity contribution in [3.63, 3.8) is 0 Å². The third-order valence-electron chi connectivity index (χ3n) is 2.74. The fourth-order valence-electron chi connectivity index (χ4n) is 1.45. The molecule has 1 atom stereocenters. The minimum absolute atomic E-state index is 0.0545. The highest BCUT2D eigenvalue weighted by atomic mass is 32.2. The van der Waals surface area contributed by atoms with Crippen LogP contribution in [0.15, 0.2) is 0 Å². The van der Waals surface area contributed by atoms with Gasteiger partial charge in [0.25, 0.3) is 0 Å². The lowest BCUT2D eigenvalue weighted by Gasteiger charge is -2.12. The molecule has 1 amide bonds. The summed E-state index contributed by atoms with van der Waals surface area (Å²) in [5.41, 5.74) is 0. The Kier molecular flexibility index (Phi) is 6.04. The molecule has 6 nitrogen and oxygen atoms in total. The largest absolute Gasteiger partial charge is 0.390 e. The zero-order valence-electron chi connectivity index (χ0n) is 10.7. The second kappa shape index (κ2) is 7.06. The Bertz CT molecular complexity index is 365. The molecule has 0 radical (unpaired) electrons. The first kappa shape index (κ1) is 15.4. The highest BCUT2D eigenvalue weighted by Crippen LogP contribution is 2.27. The number of carbonyl (C=O) groups excluding carboxylic acids is 1. The number of aliphatic hydroxyl groups is 1. The Morgan fingerprint density at radius 2 is 2.06 bits per heavy atom. The molecule has 1 rings (SSSR count). The third-order valence-corrected chi connectivity index (χ3v) is 3.69. The van der Waals surface area contributed by atoms with E-state index in [1.165, 1.54) is 12.8 Å². The van der Waals surface area contributed by atoms with Gasteiger partial charge >= 0.3 is 0 Å². The summed E-state index contributed by atoms with van der Waals surface area (Å²) < 4.78 is 21.7. The van der Waals surface area contributed by atoms with Crippen LogP contribution >= 0.6 is 0 Å². The summed E-state index contributed by atoms with van der Waals surface area (Å²) in [5, 5.41) is 15.2. The minimum Gasteiger partial charge on any atom is -0.390 e. The van der Waals surface area contributed by atoms with Gasteiger partial charge in [-0.05, 0) is 25.3 Å². The van der Waals surface area contributed by atoms with Crippen molar-refractivity contribution in [2.24, 2.45) is 5.92 Å². The summed E-state index contributed by atoms with van der Waals surface area (Å²) in [6, 6.07) is 0. The van der Waals surface area contributed by atoms with Crippen LogP contribution in [-0.4, -0.2) is 57.2 Å². The molecule has 1 aliphatic carbocycles. The zero-order valence-corrected chi connectivity index (χ0v) is 11.5. The van der Waals surface area contributed by atoms with Gasteiger partial charge in [0.15, 0.2) is 0 Å². The van der Waals surface area contributed by atoms with Crippen molar-refractivity contribution in [2.45, 2.75) is 25.4 Å². The Balaban J connectivity index is 2.01. The first-order chi connectivity index (χ1) is 8.37. The van der Waals surface area contributed by atoms with Crippen LogP contribution in [0.25, 0.3) is 0 Å². The van der Waals surface area contributed by atoms with E-state index >= 15 is 0 Å². The zero-order chi connectivity index (χ0) is 13.6. The van der Waals surface area contributed by atoms with E-state index in [1.54, 1.807) is 0 Å². The molecule has 0 bridgehead atoms. The summed E-state index contributed by atoms with van der Waals surface area (Å²) >= 11 is 0. The molecule has 0 aliphatic heterocycles. The predicted octanol–water partition coefficient (Wildman–Crippen LogP) is -1.10. The lowest BCUT2D eigenvalue weighted by Crippen LogP contribution is -2.39. The SMILES string of the molecule is CS(=O)(=O)CCC(=O)NCC(O)CNCC1CC1. The second-order valence-electron chi connectivity index (χ2n) is 4.94. The van der Waals surface area contributed by atoms with Crippen molar-refractivity contribution in [1.29, 1.82) is 0 Å². The molecule has 0 aromatic heterocycles. The number of sulfone groups is 1. The van der Waals surface area contributed by atoms with Gasteiger partial charge in [-0.15, -0.1) is 0 Å². The van der Waals surface area contributed by atoms with Crippen molar-refractivity contribution in [3.8, 4) is 0 Å². The molecule has 0 spiro atoms. The summed E-state index contributed by atoms with van der Waals surface area (Å²) in [7, 11) is -3.11. The van der Waals surface area contributed by atoms with Gasteiger partial charge < -0.3 is 15.7 Å². The van der Waals surface area contributed by atoms with E-state index in [2.05, 4.69) is 10.6 Å². The average Bonchev–Trinajstić information content (AvgIpc) is 3.06. The predicted molar refractivity (Wildman–Crippen MR) is 68.9 cm³/mol. The van der Waals surface area contributed by atoms with Crippen LogP contribution in [0.3, 0.4) is 0 Å². The molecule has 3 N–H and O–H groups in total. The quantitative estimate of drug-likeness (QED) is 0.497. The molecular weight excluding hydrogens is 256 g/mol. The van der Waals surface area contributed by atoms with Gasteiger partial charge in [0.05, 0.1) is 11.9 Å². The number of hydrogen-bond acceptors (Lipinski definition) is 5. The summed E-state index contributed by atoms with van der Waals surface area (Å²) in [6.45, 7) is 1.52. The maximum Gasteiger partial charge on any atom is 0.221 e. The van der Waals surface area contributed by atoms with Crippen LogP contribution in [0.1, 0.15) is 19.3 Å². The smallest absolute Gasteiger partial charge is 0.221 e. The lowest BCUT2D eigenvalue weighted by atomic mass is 10.3. The van der Waals surface area contributed by atoms with Crippen LogP contribution in [0.2, 0.25) is 0 Å². The average molecular weight is 278 g/mol. The Hall–Kier alpha value is -0.660. The molecule has 0 aromatic rings. The second-order valence-corrected chi connectivity index (χ2v) is 7.20. The summed E-state index contributed by atoms with van der Waals surface area (Å²) in [5.74, 6) is 0.248. The topological polar surface area (TPSA) is 95.5 Å². The molecule has 0 aromatic carbocycles. The molecule has 1 aliphatic rings. The first-order valence-corrected chi connectivity index (χ1v) is 8.26. The van der Waals surface area contributed by atoms with E-state index < -0.39 is 15.9 Å². The number of nitrogens with one attached hydrogen (secondary N) is 2. The van der Waals surface area contributed by atoms with Crippen molar-refractivity contribution in [3.05, 3.63) is 0 Å². The Morgan fingerprint density at radius 3 is 2.61 bits per heavy atom. The molecule has 106 valence electrons. The van der Waals surface area contributed by atoms with Crippen molar-refractivity contribution in [1.82, 2.24) is 10.6 Å². The van der Waals surface area contributed by atoms with Gasteiger partial charge in [0.1, 0.15) is 9.84 Å². The fourth-order valence-corrected chi connectivity index (χ4v) is 2.00. The lowest BCUT2D eigenvalue weighted by molar-refractivity contribution is -0.121. The molecular formula is C11H22N2O4S. The highest BCUT2D eigenvalue weighted by Gasteiger charge is 2.20. The van der Waals surface area contributed by atoms with Crippen LogP contribution in [0.5, 0.6) is 0 Å². The maximum atomic E-state index is 11.3. The first-order valence-electron chi connectivity index (χ1n) is 6.20. The van der Waals surface area contributed by atoms with Crippen LogP contribution in [-0.2, 0) is 14.6 Å². The standard InChI is InChI=1S/C11H22N2O4S/c1-18(16,17)5-4-11(15)13-8-10(14)7-12-6-9-2-3-9/h9-10,12,14H,2-8H2,1H3,(H,13,15). The van der Waals surface area contributed by atoms with Crippen LogP contribution < -0.4 is 10.6 Å². The monoisotopic (exact) mass is 278 g/mol. The van der Waals surface area contributed by atoms with Crippen molar-refractivity contribution in [2.75, 3.05) is 31.6 Å². The van der Waals surface area contributed by atoms with E-state index in [4.69, 9.17) is 0 Å². The van der Waals surface area contributed by atoms with Gasteiger partial charge in [-0.1, -0.05) is 0 Å². The van der Waals surface area contributed by atoms with Gasteiger partial charge in [0, 0.05) is 25.8 Å². The number of aliphatic hydroxyl groups excluding tert-OH is 1. The van der Waals surface area contributed by atoms with Crippen LogP contribution in [0, 0.1) is 5.92 Å². The van der Waals surface area contributed by atoms with E-state index in [1.807, 2.05) is 0 Å². The van der Waals surface area contributed by atoms with E-state index in [0.717, 1.165) is 18.7 Å². The minimum atomic E-state index is -3.11. The molecule has 18 heavy (non-hydrogen) atoms. The van der Waals surface area contributed by atoms with Crippen LogP contribution in [0.4, 0.5) is 0 Å². The van der Waals surface area contributed by atoms with Gasteiger partial charge in [-0.25, -0.2) is 8.42 Å². The highest BCUT2D eigenvalue weighted by molar-refractivity contribution is 7.90. The normalized spacial score (nSPS) is 17.4. The van der Waals surface area contributed by atoms with Crippen molar-refractivity contribution < 1.29 is 18.3 Å². The van der Waals surface area contributed by atoms with E-state index in [0.29, 0.717) is 6.54 Å². The number of rotatable bonds is 9. The maximum absolute atomic E-state index is 11.3. The summed E-state index contributed by atoms with van der Waals surface area (Å²) in [4.78, 5) is 11.3. The number of carbonyl (C=O) groups is 1. The molecule has 1 unspecified atom stereocenters. The van der Waals surface area contributed by atoms with E-state index in [9.17, 15) is 18.3 Å². The number of amides is 1. The number of hydrogen-bond donors (Lipinski definition) is 3. The van der Waals surface area contributed by atoms with Gasteiger partial charge in [-0.3, -0.25) is 4.79 Å². The van der Waals surface area contributed by atoms with Gasteiger partial charge in [-0.2, -0.15) is 0 Å². The Morgan fingerprint density at radius 1 is 1.39 bits per heavy atom. The third kappa shape index (κ3) is 8.43. The molecule has 0 heterocycles. The molecule has 1 fully saturated rings. The van der Waals surface area contributed by atoms with E-state index in [-0.39, 0.29) is 24.6 Å². The Labute approximate surface area is 108 Å². The van der Waals surface area contributed by atoms with Crippen molar-refractivity contribution >= 4 is 15.7 Å². The fraction of sp³-hybridized carbons (Fsp3) is 0.909. The molecule has 7 heteroatoms. The molecule has 1 saturated carbocycles. The molecule has 0 saturated heterocycles. The summed E-state index contributed by atoms with van der Waals surface area (Å²) in [6.07, 6.45) is 2.92. The van der Waals surface area contributed by atoms with Gasteiger partial charge in [0.2, 0.25) is 5.91 Å².